The summed E-state index contributed by atoms with van der Waals surface area (Å²) in [6.07, 6.45) is 17.7. The van der Waals surface area contributed by atoms with Crippen molar-refractivity contribution in [1.29, 1.82) is 1.28 Å². The first-order valence-electron chi connectivity index (χ1n) is 18.7. The van der Waals surface area contributed by atoms with Gasteiger partial charge in [0, 0.05) is 13.2 Å². The summed E-state index contributed by atoms with van der Waals surface area (Å²) in [6.45, 7) is 25.9. The molecular weight excluding hydrogens is 598 g/mol. The smallest absolute Gasteiger partial charge is 0.355 e. The van der Waals surface area contributed by atoms with E-state index in [2.05, 4.69) is 75.8 Å². The lowest BCUT2D eigenvalue weighted by Crippen LogP contribution is -2.66. The fraction of sp³-hybridized carbons (Fsp3) is 0.947. The average molecular weight is 670 g/mol. The molecule has 3 unspecified atom stereocenters. The van der Waals surface area contributed by atoms with Crippen LogP contribution >= 0.6 is 15.9 Å². The lowest BCUT2D eigenvalue weighted by Gasteiger charge is -2.73. The van der Waals surface area contributed by atoms with E-state index in [1.54, 1.807) is 6.92 Å². The largest absolute Gasteiger partial charge is 0.397 e. The van der Waals surface area contributed by atoms with E-state index in [1.807, 2.05) is 0 Å². The predicted octanol–water partition coefficient (Wildman–Crippen LogP) is 10.7. The molecule has 13 atom stereocenters. The van der Waals surface area contributed by atoms with Crippen LogP contribution in [0.1, 0.15) is 139 Å². The highest BCUT2D eigenvalue weighted by molar-refractivity contribution is 8.24. The molecule has 0 bridgehead atoms. The minimum atomic E-state index is -0.870. The van der Waals surface area contributed by atoms with Crippen molar-refractivity contribution < 1.29 is 14.6 Å². The number of allylic oxidation sites excluding steroid dienone is 1. The highest BCUT2D eigenvalue weighted by atomic mass is 32.6. The predicted molar refractivity (Wildman–Crippen MR) is 196 cm³/mol. The van der Waals surface area contributed by atoms with Crippen LogP contribution in [0.25, 0.3) is 0 Å². The minimum Gasteiger partial charge on any atom is -0.397 e. The van der Waals surface area contributed by atoms with Crippen LogP contribution in [0.3, 0.4) is 0 Å². The third kappa shape index (κ3) is 6.36. The van der Waals surface area contributed by atoms with Gasteiger partial charge in [0.05, 0.1) is 15.5 Å². The number of rotatable bonds is 4. The molecule has 0 spiro atoms. The minimum absolute atomic E-state index is 0.0384. The molecule has 0 aromatic heterocycles. The summed E-state index contributed by atoms with van der Waals surface area (Å²) in [5.74, 6) is 4.86. The van der Waals surface area contributed by atoms with Gasteiger partial charge in [-0.05, 0) is 160 Å². The van der Waals surface area contributed by atoms with E-state index in [-0.39, 0.29) is 12.9 Å². The summed E-state index contributed by atoms with van der Waals surface area (Å²) in [4.78, 5) is 0. The van der Waals surface area contributed by atoms with Crippen LogP contribution in [0, 0.1) is 62.6 Å². The van der Waals surface area contributed by atoms with Gasteiger partial charge in [0.2, 0.25) is 0 Å². The van der Waals surface area contributed by atoms with Gasteiger partial charge in [-0.2, -0.15) is 0 Å². The second kappa shape index (κ2) is 14.6. The molecule has 44 heavy (non-hydrogen) atoms. The summed E-state index contributed by atoms with van der Waals surface area (Å²) in [5, 5.41) is 7.57. The van der Waals surface area contributed by atoms with Crippen molar-refractivity contribution in [2.45, 2.75) is 145 Å². The molecule has 0 amide bonds. The van der Waals surface area contributed by atoms with Crippen molar-refractivity contribution in [1.82, 2.24) is 0 Å². The molecular formula is C38H69O3P2S+. The number of ether oxygens (including phenoxy) is 2. The third-order valence-corrected chi connectivity index (χ3v) is 15.5. The van der Waals surface area contributed by atoms with Gasteiger partial charge in [-0.3, -0.25) is 0 Å². The Balaban J connectivity index is 0.000000601. The van der Waals surface area contributed by atoms with Crippen molar-refractivity contribution in [2.24, 2.45) is 62.6 Å². The van der Waals surface area contributed by atoms with Crippen LogP contribution in [-0.2, 0) is 21.3 Å². The van der Waals surface area contributed by atoms with Crippen molar-refractivity contribution in [3.8, 4) is 0 Å². The lowest BCUT2D eigenvalue weighted by molar-refractivity contribution is -0.251. The monoisotopic (exact) mass is 669 g/mol. The molecule has 6 aliphatic rings. The molecule has 5 aliphatic carbocycles. The van der Waals surface area contributed by atoms with Gasteiger partial charge in [-0.1, -0.05) is 53.7 Å². The van der Waals surface area contributed by atoms with Gasteiger partial charge in [0.25, 0.3) is 0 Å². The van der Waals surface area contributed by atoms with Crippen LogP contribution in [-0.4, -0.2) is 32.5 Å². The second-order valence-corrected chi connectivity index (χ2v) is 20.1. The molecule has 6 fully saturated rings. The zero-order valence-corrected chi connectivity index (χ0v) is 32.6. The summed E-state index contributed by atoms with van der Waals surface area (Å²) in [7, 11) is 2.20. The fourth-order valence-electron chi connectivity index (χ4n) is 12.8. The molecule has 6 rings (SSSR count). The SMILES string of the molecule is C=C(C)[C@@H]1CC[C@]2(COC3CCCCO3)CC[C@]3(C)[C@H](CC[C@@H]4[C@@]5(C)CC[C@H](C)C(C)(C)[C@@H]5CC[C@]43C)[C@@H]12.CCO.[3H][P+](P)=S. The molecule has 3 nitrogen and oxygen atoms in total. The van der Waals surface area contributed by atoms with E-state index < -0.39 is 6.99 Å². The topological polar surface area (TPSA) is 38.7 Å². The van der Waals surface area contributed by atoms with Crippen molar-refractivity contribution in [2.75, 3.05) is 19.8 Å². The van der Waals surface area contributed by atoms with Crippen LogP contribution in [0.5, 0.6) is 0 Å². The van der Waals surface area contributed by atoms with Crippen molar-refractivity contribution in [3.05, 3.63) is 12.2 Å². The Morgan fingerprint density at radius 2 is 1.66 bits per heavy atom. The molecule has 1 aliphatic heterocycles. The van der Waals surface area contributed by atoms with Gasteiger partial charge in [0.1, 0.15) is 0 Å². The van der Waals surface area contributed by atoms with Gasteiger partial charge in [-0.15, -0.1) is 0 Å². The van der Waals surface area contributed by atoms with E-state index >= 15 is 0 Å². The van der Waals surface area contributed by atoms with E-state index in [0.29, 0.717) is 33.0 Å². The first-order chi connectivity index (χ1) is 21.0. The Kier molecular flexibility index (Phi) is 11.9. The first-order valence-corrected chi connectivity index (χ1v) is 21.8. The number of aliphatic hydroxyl groups excluding tert-OH is 1. The number of fused-ring (bicyclic) bond motifs is 7. The standard InChI is InChI=1S/C36H60O2.C2H6O.H2P2S/c1-24(2)26-15-19-36(23-38-30-11-9-10-22-37-30)21-20-34(7)27(31(26)36)12-13-29-33(6)17-14-25(3)32(4,5)28(33)16-18-35(29,34)8;2*1-2-3/h25-31H,1,9-23H2,2-8H3;3H,2H2,1H3;1H2/p+1/t25-,26-,27+,28-,29+,30?,31+,33-,34+,35+,36+;;/m0../s1/i/hT. The Morgan fingerprint density at radius 3 is 2.27 bits per heavy atom. The molecule has 254 valence electrons. The summed E-state index contributed by atoms with van der Waals surface area (Å²) >= 11 is 4.31. The maximum absolute atomic E-state index is 7.57. The summed E-state index contributed by atoms with van der Waals surface area (Å²) in [5.41, 5.74) is 3.66. The van der Waals surface area contributed by atoms with Crippen molar-refractivity contribution >= 4 is 27.7 Å². The van der Waals surface area contributed by atoms with E-state index in [4.69, 9.17) is 15.9 Å². The molecule has 1 saturated heterocycles. The van der Waals surface area contributed by atoms with Gasteiger partial charge >= 0.3 is 1.28 Å². The zero-order chi connectivity index (χ0) is 33.4. The van der Waals surface area contributed by atoms with Crippen LogP contribution in [0.4, 0.5) is 0 Å². The van der Waals surface area contributed by atoms with Gasteiger partial charge < -0.3 is 14.6 Å². The van der Waals surface area contributed by atoms with Crippen molar-refractivity contribution in [3.63, 3.8) is 0 Å². The Hall–Kier alpha value is 0.570. The Labute approximate surface area is 282 Å². The number of aliphatic hydroxyl groups is 1. The zero-order valence-electron chi connectivity index (χ0n) is 30.8. The van der Waals surface area contributed by atoms with Gasteiger partial charge in [0.15, 0.2) is 25.1 Å². The lowest BCUT2D eigenvalue weighted by atomic mass is 9.32. The highest BCUT2D eigenvalue weighted by Gasteiger charge is 2.70. The maximum Gasteiger partial charge on any atom is 0.355 e. The van der Waals surface area contributed by atoms with Crippen LogP contribution < -0.4 is 0 Å². The number of hydrogen-bond acceptors (Lipinski definition) is 4. The molecule has 0 radical (unpaired) electrons. The first kappa shape index (κ1) is 35.9. The fourth-order valence-corrected chi connectivity index (χ4v) is 12.8. The normalized spacial score (nSPS) is 47.9. The molecule has 0 aromatic rings. The summed E-state index contributed by atoms with van der Waals surface area (Å²) in [6, 6.07) is 0. The van der Waals surface area contributed by atoms with E-state index in [1.165, 1.54) is 82.6 Å². The molecule has 6 heteroatoms. The highest BCUT2D eigenvalue weighted by Crippen LogP contribution is 2.77. The number of hydrogen-bond donors (Lipinski definition) is 1. The molecule has 5 saturated carbocycles. The average Bonchev–Trinajstić information content (AvgIpc) is 3.36. The third-order valence-electron chi connectivity index (χ3n) is 15.5. The van der Waals surface area contributed by atoms with Crippen LogP contribution in [0.15, 0.2) is 12.2 Å². The second-order valence-electron chi connectivity index (χ2n) is 17.3. The van der Waals surface area contributed by atoms with Crippen LogP contribution in [0.2, 0.25) is 0 Å². The Bertz CT molecular complexity index is 1050. The summed E-state index contributed by atoms with van der Waals surface area (Å²) < 4.78 is 19.1. The maximum atomic E-state index is 7.57. The molecule has 0 aromatic carbocycles. The molecule has 1 heterocycles. The molecule has 1 N–H and O–H groups in total. The quantitative estimate of drug-likeness (QED) is 0.239. The van der Waals surface area contributed by atoms with E-state index in [9.17, 15) is 0 Å². The Morgan fingerprint density at radius 1 is 0.977 bits per heavy atom. The van der Waals surface area contributed by atoms with Gasteiger partial charge in [-0.25, -0.2) is 0 Å². The van der Waals surface area contributed by atoms with E-state index in [0.717, 1.165) is 49.2 Å².